The molecule has 1 rings (SSSR count). The minimum atomic E-state index is 0.0189. The van der Waals surface area contributed by atoms with Gasteiger partial charge in [0.1, 0.15) is 0 Å². The Morgan fingerprint density at radius 3 is 2.50 bits per heavy atom. The van der Waals surface area contributed by atoms with Crippen molar-refractivity contribution in [2.75, 3.05) is 23.7 Å². The predicted molar refractivity (Wildman–Crippen MR) is 72.8 cm³/mol. The van der Waals surface area contributed by atoms with Gasteiger partial charge in [-0.2, -0.15) is 15.0 Å². The molecule has 0 amide bonds. The number of nitrogens with zero attached hydrogens (tertiary/aromatic N) is 4. The Kier molecular flexibility index (Phi) is 5.61. The largest absolute Gasteiger partial charge is 0.461 e. The number of rotatable bonds is 7. The summed E-state index contributed by atoms with van der Waals surface area (Å²) in [5.74, 6) is 0.791. The van der Waals surface area contributed by atoms with Crippen LogP contribution in [-0.4, -0.2) is 34.1 Å². The Morgan fingerprint density at radius 2 is 1.94 bits per heavy atom. The molecule has 0 aromatic carbocycles. The van der Waals surface area contributed by atoms with Gasteiger partial charge in [0.05, 0.1) is 6.10 Å². The van der Waals surface area contributed by atoms with Crippen molar-refractivity contribution in [3.63, 3.8) is 0 Å². The molecule has 0 saturated heterocycles. The summed E-state index contributed by atoms with van der Waals surface area (Å²) in [5, 5.41) is 0. The van der Waals surface area contributed by atoms with Gasteiger partial charge in [0, 0.05) is 13.1 Å². The van der Waals surface area contributed by atoms with Gasteiger partial charge in [0.2, 0.25) is 11.9 Å². The van der Waals surface area contributed by atoms with E-state index in [0.717, 1.165) is 25.9 Å². The van der Waals surface area contributed by atoms with Crippen LogP contribution in [0.25, 0.3) is 0 Å². The number of hydrogen-bond donors (Lipinski definition) is 1. The summed E-state index contributed by atoms with van der Waals surface area (Å²) in [5.41, 5.74) is 5.69. The molecule has 1 aromatic heterocycles. The zero-order chi connectivity index (χ0) is 13.5. The standard InChI is InChI=1S/C12H23N5O/c1-5-7-8-17(6-2)11-14-10(13)15-12(16-11)18-9(3)4/h9H,5-8H2,1-4H3,(H2,13,14,15,16). The number of anilines is 2. The Labute approximate surface area is 109 Å². The molecule has 0 saturated carbocycles. The Balaban J connectivity index is 2.88. The van der Waals surface area contributed by atoms with Gasteiger partial charge in [-0.1, -0.05) is 13.3 Å². The van der Waals surface area contributed by atoms with E-state index in [1.807, 2.05) is 13.8 Å². The number of nitrogen functional groups attached to an aromatic ring is 1. The summed E-state index contributed by atoms with van der Waals surface area (Å²) >= 11 is 0. The highest BCUT2D eigenvalue weighted by atomic mass is 16.5. The van der Waals surface area contributed by atoms with Crippen LogP contribution in [0, 0.1) is 0 Å². The molecule has 0 aliphatic rings. The summed E-state index contributed by atoms with van der Waals surface area (Å²) in [4.78, 5) is 14.5. The number of ether oxygens (including phenoxy) is 1. The van der Waals surface area contributed by atoms with Crippen molar-refractivity contribution in [3.8, 4) is 6.01 Å². The normalized spacial score (nSPS) is 10.7. The molecule has 0 radical (unpaired) electrons. The highest BCUT2D eigenvalue weighted by molar-refractivity contribution is 5.35. The van der Waals surface area contributed by atoms with Crippen molar-refractivity contribution in [3.05, 3.63) is 0 Å². The fraction of sp³-hybridized carbons (Fsp3) is 0.750. The lowest BCUT2D eigenvalue weighted by atomic mass is 10.3. The molecule has 6 heteroatoms. The van der Waals surface area contributed by atoms with E-state index in [1.165, 1.54) is 0 Å². The molecule has 1 heterocycles. The second kappa shape index (κ2) is 6.98. The summed E-state index contributed by atoms with van der Waals surface area (Å²) in [6.07, 6.45) is 2.25. The predicted octanol–water partition coefficient (Wildman–Crippen LogP) is 1.87. The van der Waals surface area contributed by atoms with Crippen molar-refractivity contribution in [1.29, 1.82) is 0 Å². The molecule has 18 heavy (non-hydrogen) atoms. The van der Waals surface area contributed by atoms with E-state index in [9.17, 15) is 0 Å². The van der Waals surface area contributed by atoms with Gasteiger partial charge in [0.25, 0.3) is 0 Å². The molecule has 0 aliphatic heterocycles. The fourth-order valence-corrected chi connectivity index (χ4v) is 1.51. The molecule has 6 nitrogen and oxygen atoms in total. The molecule has 0 bridgehead atoms. The van der Waals surface area contributed by atoms with E-state index in [4.69, 9.17) is 10.5 Å². The number of nitrogens with two attached hydrogens (primary N) is 1. The van der Waals surface area contributed by atoms with Crippen LogP contribution in [0.2, 0.25) is 0 Å². The van der Waals surface area contributed by atoms with Crippen molar-refractivity contribution in [2.24, 2.45) is 0 Å². The van der Waals surface area contributed by atoms with Crippen LogP contribution in [0.15, 0.2) is 0 Å². The van der Waals surface area contributed by atoms with Crippen molar-refractivity contribution in [1.82, 2.24) is 15.0 Å². The van der Waals surface area contributed by atoms with Crippen molar-refractivity contribution in [2.45, 2.75) is 46.6 Å². The SMILES string of the molecule is CCCCN(CC)c1nc(N)nc(OC(C)C)n1. The molecule has 2 N–H and O–H groups in total. The summed E-state index contributed by atoms with van der Waals surface area (Å²) in [6.45, 7) is 9.83. The minimum Gasteiger partial charge on any atom is -0.461 e. The summed E-state index contributed by atoms with van der Waals surface area (Å²) < 4.78 is 5.47. The van der Waals surface area contributed by atoms with E-state index < -0.39 is 0 Å². The van der Waals surface area contributed by atoms with E-state index in [0.29, 0.717) is 12.0 Å². The van der Waals surface area contributed by atoms with E-state index in [2.05, 4.69) is 33.7 Å². The first-order chi connectivity index (χ1) is 8.56. The minimum absolute atomic E-state index is 0.0189. The highest BCUT2D eigenvalue weighted by Gasteiger charge is 2.12. The highest BCUT2D eigenvalue weighted by Crippen LogP contribution is 2.14. The van der Waals surface area contributed by atoms with Crippen LogP contribution in [0.4, 0.5) is 11.9 Å². The molecule has 0 spiro atoms. The van der Waals surface area contributed by atoms with Crippen LogP contribution in [0.3, 0.4) is 0 Å². The van der Waals surface area contributed by atoms with Gasteiger partial charge in [-0.3, -0.25) is 0 Å². The van der Waals surface area contributed by atoms with Gasteiger partial charge >= 0.3 is 6.01 Å². The lowest BCUT2D eigenvalue weighted by Crippen LogP contribution is -2.27. The van der Waals surface area contributed by atoms with Crippen LogP contribution >= 0.6 is 0 Å². The molecule has 0 fully saturated rings. The second-order valence-corrected chi connectivity index (χ2v) is 4.38. The van der Waals surface area contributed by atoms with Gasteiger partial charge in [-0.15, -0.1) is 0 Å². The van der Waals surface area contributed by atoms with Crippen LogP contribution in [0.5, 0.6) is 6.01 Å². The average molecular weight is 253 g/mol. The van der Waals surface area contributed by atoms with E-state index in [-0.39, 0.29) is 12.1 Å². The smallest absolute Gasteiger partial charge is 0.323 e. The summed E-state index contributed by atoms with van der Waals surface area (Å²) in [6, 6.07) is 0.294. The van der Waals surface area contributed by atoms with E-state index >= 15 is 0 Å². The Bertz CT molecular complexity index is 369. The Morgan fingerprint density at radius 1 is 1.22 bits per heavy atom. The average Bonchev–Trinajstić information content (AvgIpc) is 2.28. The lowest BCUT2D eigenvalue weighted by molar-refractivity contribution is 0.222. The third-order valence-corrected chi connectivity index (χ3v) is 2.41. The maximum atomic E-state index is 5.69. The van der Waals surface area contributed by atoms with Gasteiger partial charge in [0.15, 0.2) is 0 Å². The van der Waals surface area contributed by atoms with Crippen LogP contribution in [0.1, 0.15) is 40.5 Å². The first kappa shape index (κ1) is 14.5. The fourth-order valence-electron chi connectivity index (χ4n) is 1.51. The van der Waals surface area contributed by atoms with Crippen molar-refractivity contribution >= 4 is 11.9 Å². The third kappa shape index (κ3) is 4.35. The maximum absolute atomic E-state index is 5.69. The molecule has 102 valence electrons. The molecule has 0 atom stereocenters. The molecule has 0 unspecified atom stereocenters. The zero-order valence-corrected chi connectivity index (χ0v) is 11.7. The maximum Gasteiger partial charge on any atom is 0.323 e. The first-order valence-corrected chi connectivity index (χ1v) is 6.50. The number of aromatic nitrogens is 3. The lowest BCUT2D eigenvalue weighted by Gasteiger charge is -2.21. The third-order valence-electron chi connectivity index (χ3n) is 2.41. The topological polar surface area (TPSA) is 77.2 Å². The van der Waals surface area contributed by atoms with Gasteiger partial charge < -0.3 is 15.4 Å². The molecular weight excluding hydrogens is 230 g/mol. The van der Waals surface area contributed by atoms with Crippen LogP contribution in [-0.2, 0) is 0 Å². The molecule has 1 aromatic rings. The quantitative estimate of drug-likeness (QED) is 0.799. The zero-order valence-electron chi connectivity index (χ0n) is 11.7. The summed E-state index contributed by atoms with van der Waals surface area (Å²) in [7, 11) is 0. The number of unbranched alkanes of at least 4 members (excludes halogenated alkanes) is 1. The number of hydrogen-bond acceptors (Lipinski definition) is 6. The van der Waals surface area contributed by atoms with Crippen LogP contribution < -0.4 is 15.4 Å². The second-order valence-electron chi connectivity index (χ2n) is 4.38. The van der Waals surface area contributed by atoms with E-state index in [1.54, 1.807) is 0 Å². The molecule has 0 aliphatic carbocycles. The van der Waals surface area contributed by atoms with Gasteiger partial charge in [-0.25, -0.2) is 0 Å². The molecular formula is C12H23N5O. The first-order valence-electron chi connectivity index (χ1n) is 6.50. The monoisotopic (exact) mass is 253 g/mol. The van der Waals surface area contributed by atoms with Gasteiger partial charge in [-0.05, 0) is 27.2 Å². The van der Waals surface area contributed by atoms with Crippen molar-refractivity contribution < 1.29 is 4.74 Å². The Hall–Kier alpha value is -1.59.